The highest BCUT2D eigenvalue weighted by atomic mass is 35.5. The Bertz CT molecular complexity index is 753. The van der Waals surface area contributed by atoms with Crippen molar-refractivity contribution in [3.05, 3.63) is 64.2 Å². The highest BCUT2D eigenvalue weighted by Crippen LogP contribution is 2.44. The van der Waals surface area contributed by atoms with E-state index in [-0.39, 0.29) is 6.10 Å². The van der Waals surface area contributed by atoms with Crippen molar-refractivity contribution >= 4 is 11.6 Å². The van der Waals surface area contributed by atoms with Gasteiger partial charge >= 0.3 is 0 Å². The molecule has 2 aromatic rings. The van der Waals surface area contributed by atoms with Gasteiger partial charge in [0.05, 0.1) is 19.3 Å². The quantitative estimate of drug-likeness (QED) is 0.569. The fourth-order valence-electron chi connectivity index (χ4n) is 4.25. The van der Waals surface area contributed by atoms with Gasteiger partial charge in [-0.15, -0.1) is 0 Å². The van der Waals surface area contributed by atoms with Gasteiger partial charge < -0.3 is 9.47 Å². The molecule has 1 saturated heterocycles. The normalized spacial score (nSPS) is 28.1. The van der Waals surface area contributed by atoms with E-state index in [9.17, 15) is 0 Å². The molecule has 0 N–H and O–H groups in total. The summed E-state index contributed by atoms with van der Waals surface area (Å²) in [5.74, 6) is 2.58. The first kappa shape index (κ1) is 20.2. The zero-order valence-corrected chi connectivity index (χ0v) is 17.8. The number of methoxy groups -OCH3 is 1. The number of rotatable bonds is 5. The van der Waals surface area contributed by atoms with Crippen LogP contribution in [0.25, 0.3) is 0 Å². The van der Waals surface area contributed by atoms with Gasteiger partial charge in [-0.3, -0.25) is 0 Å². The number of hydrogen-bond acceptors (Lipinski definition) is 2. The molecule has 0 aromatic heterocycles. The molecule has 0 radical (unpaired) electrons. The van der Waals surface area contributed by atoms with Gasteiger partial charge in [0.2, 0.25) is 0 Å². The maximum Gasteiger partial charge on any atom is 0.118 e. The molecule has 3 rings (SSSR count). The summed E-state index contributed by atoms with van der Waals surface area (Å²) in [6, 6.07) is 14.6. The third kappa shape index (κ3) is 4.33. The second-order valence-corrected chi connectivity index (χ2v) is 8.36. The summed E-state index contributed by atoms with van der Waals surface area (Å²) in [7, 11) is 1.69. The van der Waals surface area contributed by atoms with Crippen molar-refractivity contribution in [2.45, 2.75) is 52.7 Å². The third-order valence-electron chi connectivity index (χ3n) is 6.40. The maximum absolute atomic E-state index is 6.53. The maximum atomic E-state index is 6.53. The van der Waals surface area contributed by atoms with Crippen LogP contribution in [0, 0.1) is 17.8 Å². The molecule has 1 aliphatic rings. The zero-order chi connectivity index (χ0) is 19.6. The molecule has 1 heterocycles. The van der Waals surface area contributed by atoms with Crippen molar-refractivity contribution < 1.29 is 9.47 Å². The van der Waals surface area contributed by atoms with Crippen LogP contribution in [0.2, 0.25) is 5.02 Å². The second-order valence-electron chi connectivity index (χ2n) is 7.96. The molecule has 1 aliphatic heterocycles. The fraction of sp³-hybridized carbons (Fsp3) is 0.500. The summed E-state index contributed by atoms with van der Waals surface area (Å²) >= 11 is 6.52. The van der Waals surface area contributed by atoms with Crippen LogP contribution >= 0.6 is 11.6 Å². The Hall–Kier alpha value is -1.51. The van der Waals surface area contributed by atoms with E-state index >= 15 is 0 Å². The predicted molar refractivity (Wildman–Crippen MR) is 113 cm³/mol. The first-order chi connectivity index (χ1) is 12.9. The Balaban J connectivity index is 1.85. The van der Waals surface area contributed by atoms with Gasteiger partial charge in [-0.25, -0.2) is 0 Å². The van der Waals surface area contributed by atoms with E-state index < -0.39 is 0 Å². The van der Waals surface area contributed by atoms with Gasteiger partial charge in [-0.1, -0.05) is 63.6 Å². The molecule has 0 bridgehead atoms. The Morgan fingerprint density at radius 2 is 1.67 bits per heavy atom. The summed E-state index contributed by atoms with van der Waals surface area (Å²) in [5, 5.41) is 0.812. The minimum atomic E-state index is 0.132. The molecule has 2 aromatic carbocycles. The molecule has 0 unspecified atom stereocenters. The molecule has 5 atom stereocenters. The Labute approximate surface area is 168 Å². The van der Waals surface area contributed by atoms with Crippen molar-refractivity contribution in [1.29, 1.82) is 0 Å². The van der Waals surface area contributed by atoms with Crippen molar-refractivity contribution in [3.63, 3.8) is 0 Å². The van der Waals surface area contributed by atoms with Gasteiger partial charge in [0, 0.05) is 5.02 Å². The van der Waals surface area contributed by atoms with Gasteiger partial charge in [0.25, 0.3) is 0 Å². The van der Waals surface area contributed by atoms with E-state index in [0.717, 1.165) is 29.2 Å². The smallest absolute Gasteiger partial charge is 0.118 e. The zero-order valence-electron chi connectivity index (χ0n) is 17.0. The summed E-state index contributed by atoms with van der Waals surface area (Å²) in [6.07, 6.45) is 2.32. The molecular weight excluding hydrogens is 356 g/mol. The number of halogens is 1. The highest BCUT2D eigenvalue weighted by molar-refractivity contribution is 6.31. The van der Waals surface area contributed by atoms with Crippen molar-refractivity contribution in [1.82, 2.24) is 0 Å². The average Bonchev–Trinajstić information content (AvgIpc) is 2.69. The van der Waals surface area contributed by atoms with E-state index in [2.05, 4.69) is 52.0 Å². The van der Waals surface area contributed by atoms with Crippen LogP contribution in [-0.4, -0.2) is 13.2 Å². The average molecular weight is 387 g/mol. The predicted octanol–water partition coefficient (Wildman–Crippen LogP) is 6.70. The molecule has 2 nitrogen and oxygen atoms in total. The Kier molecular flexibility index (Phi) is 6.49. The third-order valence-corrected chi connectivity index (χ3v) is 6.77. The number of ether oxygens (including phenoxy) is 2. The van der Waals surface area contributed by atoms with Crippen LogP contribution in [-0.2, 0) is 11.2 Å². The standard InChI is InChI=1S/C24H31ClO2/c1-6-23-16(3)15(2)17(4)24(27-23)19-9-12-22(25)20(14-19)13-18-7-10-21(26-5)11-8-18/h7-12,14-17,23-24H,6,13H2,1-5H3/t15-,16-,17+,23+,24+/m0/s1. The molecule has 0 aliphatic carbocycles. The molecule has 0 amide bonds. The molecule has 146 valence electrons. The van der Waals surface area contributed by atoms with Crippen molar-refractivity contribution in [2.75, 3.05) is 7.11 Å². The lowest BCUT2D eigenvalue weighted by Gasteiger charge is -2.44. The molecule has 1 fully saturated rings. The minimum absolute atomic E-state index is 0.132. The van der Waals surface area contributed by atoms with Crippen LogP contribution in [0.1, 0.15) is 56.9 Å². The SMILES string of the molecule is CC[C@H]1O[C@@H](c2ccc(Cl)c(Cc3ccc(OC)cc3)c2)[C@H](C)[C@@H](C)[C@@H]1C. The monoisotopic (exact) mass is 386 g/mol. The molecule has 27 heavy (non-hydrogen) atoms. The molecule has 0 saturated carbocycles. The lowest BCUT2D eigenvalue weighted by atomic mass is 9.74. The lowest BCUT2D eigenvalue weighted by molar-refractivity contribution is -0.136. The van der Waals surface area contributed by atoms with Crippen LogP contribution in [0.3, 0.4) is 0 Å². The van der Waals surface area contributed by atoms with Crippen molar-refractivity contribution in [2.24, 2.45) is 17.8 Å². The largest absolute Gasteiger partial charge is 0.497 e. The van der Waals surface area contributed by atoms with E-state index in [1.807, 2.05) is 18.2 Å². The molecule has 0 spiro atoms. The van der Waals surface area contributed by atoms with E-state index in [4.69, 9.17) is 21.1 Å². The Morgan fingerprint density at radius 3 is 2.30 bits per heavy atom. The van der Waals surface area contributed by atoms with E-state index in [0.29, 0.717) is 23.9 Å². The topological polar surface area (TPSA) is 18.5 Å². The van der Waals surface area contributed by atoms with Gasteiger partial charge in [-0.2, -0.15) is 0 Å². The molecule has 3 heteroatoms. The fourth-order valence-corrected chi connectivity index (χ4v) is 4.43. The second kappa shape index (κ2) is 8.67. The van der Waals surface area contributed by atoms with Gasteiger partial charge in [-0.05, 0) is 65.5 Å². The van der Waals surface area contributed by atoms with Crippen molar-refractivity contribution in [3.8, 4) is 5.75 Å². The van der Waals surface area contributed by atoms with Crippen LogP contribution in [0.15, 0.2) is 42.5 Å². The lowest BCUT2D eigenvalue weighted by Crippen LogP contribution is -2.40. The van der Waals surface area contributed by atoms with E-state index in [1.54, 1.807) is 7.11 Å². The summed E-state index contributed by atoms with van der Waals surface area (Å²) in [5.41, 5.74) is 3.61. The van der Waals surface area contributed by atoms with Crippen LogP contribution in [0.5, 0.6) is 5.75 Å². The highest BCUT2D eigenvalue weighted by Gasteiger charge is 2.38. The van der Waals surface area contributed by atoms with Gasteiger partial charge in [0.15, 0.2) is 0 Å². The summed E-state index contributed by atoms with van der Waals surface area (Å²) in [4.78, 5) is 0. The van der Waals surface area contributed by atoms with Crippen LogP contribution in [0.4, 0.5) is 0 Å². The summed E-state index contributed by atoms with van der Waals surface area (Å²) in [6.45, 7) is 9.22. The first-order valence-corrected chi connectivity index (χ1v) is 10.4. The van der Waals surface area contributed by atoms with Crippen LogP contribution < -0.4 is 4.74 Å². The number of hydrogen-bond donors (Lipinski definition) is 0. The Morgan fingerprint density at radius 1 is 0.963 bits per heavy atom. The number of benzene rings is 2. The molecular formula is C24H31ClO2. The first-order valence-electron chi connectivity index (χ1n) is 10.0. The van der Waals surface area contributed by atoms with Gasteiger partial charge in [0.1, 0.15) is 5.75 Å². The summed E-state index contributed by atoms with van der Waals surface area (Å²) < 4.78 is 11.8. The minimum Gasteiger partial charge on any atom is -0.497 e. The van der Waals surface area contributed by atoms with E-state index in [1.165, 1.54) is 11.1 Å².